The first kappa shape index (κ1) is 107. The van der Waals surface area contributed by atoms with Gasteiger partial charge in [0.1, 0.15) is 77.1 Å². The molecule has 11 aromatic rings. The van der Waals surface area contributed by atoms with E-state index in [2.05, 4.69) is 10.2 Å². The van der Waals surface area contributed by atoms with Crippen molar-refractivity contribution >= 4 is 144 Å². The Morgan fingerprint density at radius 3 is 1.04 bits per heavy atom. The van der Waals surface area contributed by atoms with E-state index >= 15 is 0 Å². The molecule has 1 N–H and O–H groups in total. The van der Waals surface area contributed by atoms with Gasteiger partial charge < -0.3 is 57.4 Å². The number of nitrogens with zero attached hydrogens (tertiary/aromatic N) is 13. The van der Waals surface area contributed by atoms with Crippen LogP contribution in [0.15, 0.2) is 222 Å². The molecular formula is C99H100Cl4N14O17S7. The van der Waals surface area contributed by atoms with Gasteiger partial charge in [-0.2, -0.15) is 38.3 Å². The van der Waals surface area contributed by atoms with Crippen LogP contribution in [0.3, 0.4) is 0 Å². The second-order valence-electron chi connectivity index (χ2n) is 33.3. The van der Waals surface area contributed by atoms with Gasteiger partial charge >= 0.3 is 0 Å². The SMILES string of the molecule is Cc1cc(Cl)cc(Oc2ccc(C#N)cc2S(=O)(=O)N2CCN(C(=O)CCc3ccco3)CC2)c1.Cc1cc(Cl)cc(Oc2ccc(C#N)cc2S(=O)(=O)N2CCN(C(=O)c3sccc3C)CC2)c1.Cc1cc(Cl)cc(Oc2ccc(C#N)cc2S(=O)(=O)N2CCN(C(=S)CCc3ccco3)CC2)c1.Cc1cc(Cl)cc(Oc2ccc(C#N)cc2S(=O)(=O)N2CCN(C(=S)NCCN3CCOCC3)CC2)c1. The van der Waals surface area contributed by atoms with Crippen molar-refractivity contribution in [3.8, 4) is 70.3 Å². The van der Waals surface area contributed by atoms with Crippen LogP contribution in [0, 0.1) is 79.9 Å². The highest BCUT2D eigenvalue weighted by molar-refractivity contribution is 7.90. The summed E-state index contributed by atoms with van der Waals surface area (Å²) in [5.74, 6) is 3.58. The molecule has 8 aromatic carbocycles. The lowest BCUT2D eigenvalue weighted by atomic mass is 10.2. The van der Waals surface area contributed by atoms with Crippen molar-refractivity contribution < 1.29 is 75.8 Å². The molecule has 31 nitrogen and oxygen atoms in total. The van der Waals surface area contributed by atoms with Gasteiger partial charge in [0.2, 0.25) is 46.0 Å². The number of amides is 2. The number of hydrogen-bond donors (Lipinski definition) is 1. The summed E-state index contributed by atoms with van der Waals surface area (Å²) < 4.78 is 154. The van der Waals surface area contributed by atoms with E-state index in [-0.39, 0.29) is 155 Å². The highest BCUT2D eigenvalue weighted by Gasteiger charge is 2.39. The van der Waals surface area contributed by atoms with E-state index < -0.39 is 40.1 Å². The Hall–Kier alpha value is -11.6. The first-order valence-electron chi connectivity index (χ1n) is 44.7. The summed E-state index contributed by atoms with van der Waals surface area (Å²) in [6, 6.07) is 55.1. The average molecular weight is 2120 g/mol. The van der Waals surface area contributed by atoms with Crippen LogP contribution in [0.2, 0.25) is 20.1 Å². The number of morpholine rings is 1. The summed E-state index contributed by atoms with van der Waals surface area (Å²) in [5.41, 5.74) is 5.27. The maximum atomic E-state index is 13.7. The summed E-state index contributed by atoms with van der Waals surface area (Å²) in [6.07, 6.45) is 5.35. The Balaban J connectivity index is 0.000000158. The molecule has 8 heterocycles. The molecular weight excluding hydrogens is 2020 g/mol. The van der Waals surface area contributed by atoms with Gasteiger partial charge in [-0.1, -0.05) is 58.6 Å². The first-order chi connectivity index (χ1) is 67.5. The van der Waals surface area contributed by atoms with Crippen LogP contribution in [0.5, 0.6) is 46.0 Å². The van der Waals surface area contributed by atoms with Crippen molar-refractivity contribution in [1.82, 2.24) is 47.0 Å². The highest BCUT2D eigenvalue weighted by Crippen LogP contribution is 2.40. The second-order valence-corrected chi connectivity index (χ2v) is 44.4. The third-order valence-corrected chi connectivity index (χ3v) is 33.6. The predicted molar refractivity (Wildman–Crippen MR) is 544 cm³/mol. The number of carbonyl (C=O) groups excluding carboxylic acids is 2. The molecule has 5 saturated heterocycles. The molecule has 0 bridgehead atoms. The number of sulfonamides is 4. The molecule has 5 aliphatic rings. The number of thiocarbonyl (C=S) groups is 2. The molecule has 0 saturated carbocycles. The fraction of sp³-hybridized carbons (Fsp3) is 0.313. The highest BCUT2D eigenvalue weighted by atomic mass is 35.5. The van der Waals surface area contributed by atoms with Crippen molar-refractivity contribution in [3.05, 3.63) is 280 Å². The number of nitriles is 4. The molecule has 0 radical (unpaired) electrons. The van der Waals surface area contributed by atoms with Crippen LogP contribution in [0.4, 0.5) is 0 Å². The minimum absolute atomic E-state index is 0.0507. The molecule has 0 spiro atoms. The second kappa shape index (κ2) is 48.9. The number of ether oxygens (including phenoxy) is 5. The van der Waals surface area contributed by atoms with Gasteiger partial charge in [-0.15, -0.1) is 11.3 Å². The van der Waals surface area contributed by atoms with E-state index in [1.165, 1.54) is 101 Å². The third-order valence-electron chi connectivity index (χ3n) is 23.2. The number of benzene rings is 8. The van der Waals surface area contributed by atoms with Gasteiger partial charge in [0.15, 0.2) is 5.11 Å². The molecule has 42 heteroatoms. The molecule has 0 atom stereocenters. The Bertz CT molecular complexity index is 6750. The monoisotopic (exact) mass is 2120 g/mol. The topological polar surface area (TPSA) is 379 Å². The quantitative estimate of drug-likeness (QED) is 0.0492. The van der Waals surface area contributed by atoms with Crippen molar-refractivity contribution in [3.63, 3.8) is 0 Å². The summed E-state index contributed by atoms with van der Waals surface area (Å²) in [6.45, 7) is 18.9. The Morgan fingerprint density at radius 2 is 0.730 bits per heavy atom. The van der Waals surface area contributed by atoms with Crippen LogP contribution in [-0.2, 0) is 62.5 Å². The lowest BCUT2D eigenvalue weighted by Gasteiger charge is -2.36. The molecule has 141 heavy (non-hydrogen) atoms. The van der Waals surface area contributed by atoms with Gasteiger partial charge in [-0.25, -0.2) is 33.7 Å². The van der Waals surface area contributed by atoms with Gasteiger partial charge in [-0.3, -0.25) is 14.5 Å². The number of piperazine rings is 4. The van der Waals surface area contributed by atoms with Crippen molar-refractivity contribution in [2.75, 3.05) is 144 Å². The first-order valence-corrected chi connectivity index (χ1v) is 53.7. The summed E-state index contributed by atoms with van der Waals surface area (Å²) >= 11 is 37.0. The number of aryl methyl sites for hydroxylation is 7. The largest absolute Gasteiger partial charge is 0.469 e. The number of halogens is 4. The molecule has 0 unspecified atom stereocenters. The standard InChI is InChI=1S/C25H30ClN5O4S2.C25H24ClN3O5S.C25H24ClN3O4S2.C24H22ClN3O4S2/c1-19-14-21(26)17-22(15-19)35-23-3-2-20(18-27)16-24(23)37(32,33)31-8-6-30(7-9-31)25(36)28-4-5-29-10-12-34-13-11-29;1-18-13-20(26)16-22(14-18)34-23-6-4-19(17-27)15-24(23)35(31,32)29-10-8-28(9-11-29)25(30)7-5-21-3-2-12-33-21;1-18-13-20(26)16-22(14-18)33-23-6-4-19(17-27)15-24(23)35(30,31)29-10-8-28(9-11-29)25(34)7-5-21-3-2-12-32-21;1-16-11-19(25)14-20(12-16)32-21-4-3-18(15-26)13-22(21)34(30,31)28-8-6-27(7-9-28)24(29)23-17(2)5-10-33-23/h2-3,14-17H,4-13H2,1H3,(H,28,36);2*2-4,6,12-16H,5,7-11H2,1H3;3-5,10-14H,6-9H2,1-2H3. The van der Waals surface area contributed by atoms with Crippen LogP contribution in [0.1, 0.15) is 84.1 Å². The van der Waals surface area contributed by atoms with Crippen LogP contribution >= 0.6 is 82.2 Å². The summed E-state index contributed by atoms with van der Waals surface area (Å²) in [7, 11) is -15.8. The lowest BCUT2D eigenvalue weighted by Crippen LogP contribution is -2.53. The van der Waals surface area contributed by atoms with Gasteiger partial charge in [0.25, 0.3) is 5.91 Å². The average Bonchev–Trinajstić information content (AvgIpc) is 0.879. The maximum Gasteiger partial charge on any atom is 0.264 e. The number of hydrogen-bond acceptors (Lipinski definition) is 25. The molecule has 738 valence electrons. The van der Waals surface area contributed by atoms with Crippen molar-refractivity contribution in [2.45, 2.75) is 79.9 Å². The summed E-state index contributed by atoms with van der Waals surface area (Å²) in [5, 5.41) is 45.1. The minimum Gasteiger partial charge on any atom is -0.469 e. The van der Waals surface area contributed by atoms with E-state index in [0.717, 1.165) is 83.7 Å². The zero-order chi connectivity index (χ0) is 101. The Morgan fingerprint density at radius 1 is 0.404 bits per heavy atom. The molecule has 16 rings (SSSR count). The molecule has 2 amide bonds. The van der Waals surface area contributed by atoms with Gasteiger partial charge in [0, 0.05) is 177 Å². The maximum absolute atomic E-state index is 13.7. The van der Waals surface area contributed by atoms with Crippen molar-refractivity contribution in [1.29, 1.82) is 21.0 Å². The van der Waals surface area contributed by atoms with E-state index in [4.69, 9.17) is 103 Å². The fourth-order valence-corrected chi connectivity index (χ4v) is 24.7. The van der Waals surface area contributed by atoms with E-state index in [0.29, 0.717) is 105 Å². The van der Waals surface area contributed by atoms with Gasteiger partial charge in [-0.05, 0) is 256 Å². The van der Waals surface area contributed by atoms with Gasteiger partial charge in [0.05, 0.1) is 82.1 Å². The zero-order valence-corrected chi connectivity index (χ0v) is 86.2. The predicted octanol–water partition coefficient (Wildman–Crippen LogP) is 17.2. The molecule has 5 aliphatic heterocycles. The van der Waals surface area contributed by atoms with Crippen LogP contribution < -0.4 is 24.3 Å². The van der Waals surface area contributed by atoms with Crippen LogP contribution in [0.25, 0.3) is 0 Å². The van der Waals surface area contributed by atoms with E-state index in [1.54, 1.807) is 101 Å². The Kier molecular flexibility index (Phi) is 37.0. The number of furan rings is 2. The number of carbonyl (C=O) groups is 2. The lowest BCUT2D eigenvalue weighted by molar-refractivity contribution is -0.132. The van der Waals surface area contributed by atoms with Crippen LogP contribution in [-0.4, -0.2) is 241 Å². The third kappa shape index (κ3) is 28.5. The summed E-state index contributed by atoms with van der Waals surface area (Å²) in [4.78, 5) is 36.2. The van der Waals surface area contributed by atoms with E-state index in [1.807, 2.05) is 98.3 Å². The Labute approximate surface area is 855 Å². The number of rotatable bonds is 26. The van der Waals surface area contributed by atoms with Crippen molar-refractivity contribution in [2.24, 2.45) is 0 Å². The minimum atomic E-state index is -3.99. The number of nitrogens with one attached hydrogen (secondary N) is 1. The molecule has 5 fully saturated rings. The fourth-order valence-electron chi connectivity index (χ4n) is 15.9. The van der Waals surface area contributed by atoms with E-state index in [9.17, 15) is 64.3 Å². The molecule has 3 aromatic heterocycles. The zero-order valence-electron chi connectivity index (χ0n) is 77.5. The number of thiophene rings is 1. The normalized spacial score (nSPS) is 15.2. The smallest absolute Gasteiger partial charge is 0.264 e. The molecule has 0 aliphatic carbocycles.